The van der Waals surface area contributed by atoms with E-state index in [0.29, 0.717) is 4.47 Å². The molecule has 0 saturated carbocycles. The van der Waals surface area contributed by atoms with E-state index in [4.69, 9.17) is 0 Å². The molecule has 0 spiro atoms. The zero-order chi connectivity index (χ0) is 10.6. The van der Waals surface area contributed by atoms with E-state index in [2.05, 4.69) is 26.2 Å². The first-order chi connectivity index (χ1) is 6.59. The van der Waals surface area contributed by atoms with Crippen LogP contribution in [0.4, 0.5) is 4.39 Å². The molecule has 5 heteroatoms. The molecular weight excluding hydrogens is 251 g/mol. The first-order valence-electron chi connectivity index (χ1n) is 3.84. The molecule has 0 saturated heterocycles. The Kier molecular flexibility index (Phi) is 3.76. The van der Waals surface area contributed by atoms with Crippen LogP contribution < -0.4 is 5.32 Å². The summed E-state index contributed by atoms with van der Waals surface area (Å²) in [6.45, 7) is 1.37. The Morgan fingerprint density at radius 2 is 2.43 bits per heavy atom. The predicted octanol–water partition coefficient (Wildman–Crippen LogP) is 2.09. The van der Waals surface area contributed by atoms with Crippen molar-refractivity contribution in [2.24, 2.45) is 0 Å². The number of hydrogen-bond acceptors (Lipinski definition) is 2. The maximum absolute atomic E-state index is 13.1. The monoisotopic (exact) mass is 258 g/mol. The highest BCUT2D eigenvalue weighted by molar-refractivity contribution is 9.10. The molecular formula is C9H8BrFN2O. The summed E-state index contributed by atoms with van der Waals surface area (Å²) >= 11 is 3.09. The minimum atomic E-state index is -0.444. The van der Waals surface area contributed by atoms with E-state index in [-0.39, 0.29) is 11.6 Å². The normalized spacial score (nSPS) is 10.5. The Morgan fingerprint density at radius 3 is 3.00 bits per heavy atom. The van der Waals surface area contributed by atoms with Crippen LogP contribution in [-0.2, 0) is 4.79 Å². The van der Waals surface area contributed by atoms with Gasteiger partial charge in [0.25, 0.3) is 0 Å². The lowest BCUT2D eigenvalue weighted by molar-refractivity contribution is -0.118. The van der Waals surface area contributed by atoms with Crippen LogP contribution in [-0.4, -0.2) is 10.9 Å². The van der Waals surface area contributed by atoms with Crippen LogP contribution in [0.2, 0.25) is 0 Å². The van der Waals surface area contributed by atoms with E-state index in [1.165, 1.54) is 31.5 Å². The van der Waals surface area contributed by atoms with Crippen molar-refractivity contribution >= 4 is 27.9 Å². The van der Waals surface area contributed by atoms with Crippen LogP contribution in [0.15, 0.2) is 22.9 Å². The third-order valence-corrected chi connectivity index (χ3v) is 1.80. The number of carbonyl (C=O) groups excluding carboxylic acids is 1. The number of carbonyl (C=O) groups is 1. The summed E-state index contributed by atoms with van der Waals surface area (Å²) < 4.78 is 13.7. The molecule has 0 aromatic carbocycles. The predicted molar refractivity (Wildman–Crippen MR) is 54.7 cm³/mol. The van der Waals surface area contributed by atoms with Crippen LogP contribution in [0.25, 0.3) is 6.08 Å². The molecule has 0 unspecified atom stereocenters. The Morgan fingerprint density at radius 1 is 1.71 bits per heavy atom. The largest absolute Gasteiger partial charge is 0.333 e. The van der Waals surface area contributed by atoms with Gasteiger partial charge in [0, 0.05) is 23.8 Å². The van der Waals surface area contributed by atoms with Gasteiger partial charge < -0.3 is 5.32 Å². The van der Waals surface area contributed by atoms with Crippen molar-refractivity contribution in [3.63, 3.8) is 0 Å². The van der Waals surface area contributed by atoms with Gasteiger partial charge in [-0.15, -0.1) is 0 Å². The number of halogens is 2. The van der Waals surface area contributed by atoms with Crippen LogP contribution in [0, 0.1) is 5.82 Å². The molecule has 0 aliphatic heterocycles. The number of aromatic nitrogens is 1. The Labute approximate surface area is 89.2 Å². The third kappa shape index (κ3) is 3.26. The van der Waals surface area contributed by atoms with Gasteiger partial charge in [-0.3, -0.25) is 9.78 Å². The zero-order valence-corrected chi connectivity index (χ0v) is 9.01. The summed E-state index contributed by atoms with van der Waals surface area (Å²) in [5.41, 5.74) is 0.182. The number of pyridine rings is 1. The fourth-order valence-corrected chi connectivity index (χ4v) is 1.09. The van der Waals surface area contributed by atoms with Gasteiger partial charge in [-0.05, 0) is 28.1 Å². The molecule has 0 radical (unpaired) electrons. The van der Waals surface area contributed by atoms with E-state index >= 15 is 0 Å². The summed E-state index contributed by atoms with van der Waals surface area (Å²) in [7, 11) is 0. The van der Waals surface area contributed by atoms with E-state index in [9.17, 15) is 9.18 Å². The topological polar surface area (TPSA) is 42.0 Å². The summed E-state index contributed by atoms with van der Waals surface area (Å²) in [5, 5.41) is 2.40. The van der Waals surface area contributed by atoms with Crippen molar-refractivity contribution in [3.05, 3.63) is 34.4 Å². The van der Waals surface area contributed by atoms with Crippen molar-refractivity contribution in [2.45, 2.75) is 6.92 Å². The number of amides is 1. The maximum atomic E-state index is 13.1. The number of nitrogens with zero attached hydrogens (tertiary/aromatic N) is 1. The molecule has 0 aliphatic carbocycles. The lowest BCUT2D eigenvalue weighted by Gasteiger charge is -1.96. The Balaban J connectivity index is 2.76. The minimum Gasteiger partial charge on any atom is -0.333 e. The van der Waals surface area contributed by atoms with Gasteiger partial charge in [0.15, 0.2) is 0 Å². The van der Waals surface area contributed by atoms with Gasteiger partial charge in [0.1, 0.15) is 11.5 Å². The summed E-state index contributed by atoms with van der Waals surface area (Å²) in [4.78, 5) is 14.3. The second kappa shape index (κ2) is 4.85. The van der Waals surface area contributed by atoms with Gasteiger partial charge in [0.05, 0.1) is 0 Å². The standard InChI is InChI=1S/C9H8BrFN2O/c1-6(14)12-3-2-9-8(11)4-7(10)5-13-9/h2-5H,1H3,(H,12,14). The second-order valence-corrected chi connectivity index (χ2v) is 3.47. The average molecular weight is 259 g/mol. The SMILES string of the molecule is CC(=O)NC=Cc1ncc(Br)cc1F. The van der Waals surface area contributed by atoms with Gasteiger partial charge in [0.2, 0.25) is 5.91 Å². The zero-order valence-electron chi connectivity index (χ0n) is 7.42. The molecule has 1 N–H and O–H groups in total. The molecule has 0 fully saturated rings. The fraction of sp³-hybridized carbons (Fsp3) is 0.111. The molecule has 74 valence electrons. The fourth-order valence-electron chi connectivity index (χ4n) is 0.786. The van der Waals surface area contributed by atoms with Gasteiger partial charge in [-0.25, -0.2) is 4.39 Å². The molecule has 0 bridgehead atoms. The van der Waals surface area contributed by atoms with E-state index in [1.807, 2.05) is 0 Å². The quantitative estimate of drug-likeness (QED) is 0.883. The molecule has 0 aliphatic rings. The molecule has 1 amide bonds. The molecule has 1 rings (SSSR count). The summed E-state index contributed by atoms with van der Waals surface area (Å²) in [6.07, 6.45) is 4.22. The van der Waals surface area contributed by atoms with E-state index in [1.54, 1.807) is 0 Å². The lowest BCUT2D eigenvalue weighted by Crippen LogP contribution is -2.11. The third-order valence-electron chi connectivity index (χ3n) is 1.36. The second-order valence-electron chi connectivity index (χ2n) is 2.55. The lowest BCUT2D eigenvalue weighted by atomic mass is 10.3. The van der Waals surface area contributed by atoms with Crippen molar-refractivity contribution in [2.75, 3.05) is 0 Å². The van der Waals surface area contributed by atoms with E-state index < -0.39 is 5.82 Å². The molecule has 3 nitrogen and oxygen atoms in total. The van der Waals surface area contributed by atoms with Gasteiger partial charge >= 0.3 is 0 Å². The highest BCUT2D eigenvalue weighted by Crippen LogP contribution is 2.12. The summed E-state index contributed by atoms with van der Waals surface area (Å²) in [6, 6.07) is 1.31. The van der Waals surface area contributed by atoms with Crippen molar-refractivity contribution < 1.29 is 9.18 Å². The van der Waals surface area contributed by atoms with Crippen molar-refractivity contribution in [1.82, 2.24) is 10.3 Å². The molecule has 14 heavy (non-hydrogen) atoms. The Hall–Kier alpha value is -1.23. The highest BCUT2D eigenvalue weighted by Gasteiger charge is 1.99. The van der Waals surface area contributed by atoms with Crippen LogP contribution in [0.1, 0.15) is 12.6 Å². The molecule has 0 atom stereocenters. The number of hydrogen-bond donors (Lipinski definition) is 1. The summed E-state index contributed by atoms with van der Waals surface area (Å²) in [5.74, 6) is -0.653. The molecule has 1 heterocycles. The van der Waals surface area contributed by atoms with E-state index in [0.717, 1.165) is 0 Å². The van der Waals surface area contributed by atoms with Gasteiger partial charge in [-0.2, -0.15) is 0 Å². The van der Waals surface area contributed by atoms with Crippen LogP contribution >= 0.6 is 15.9 Å². The van der Waals surface area contributed by atoms with Crippen LogP contribution in [0.5, 0.6) is 0 Å². The minimum absolute atomic E-state index is 0.182. The molecule has 1 aromatic rings. The number of nitrogens with one attached hydrogen (secondary N) is 1. The van der Waals surface area contributed by atoms with Crippen LogP contribution in [0.3, 0.4) is 0 Å². The first-order valence-corrected chi connectivity index (χ1v) is 4.63. The Bertz CT molecular complexity index is 379. The average Bonchev–Trinajstić information content (AvgIpc) is 2.08. The first kappa shape index (κ1) is 10.8. The smallest absolute Gasteiger partial charge is 0.220 e. The maximum Gasteiger partial charge on any atom is 0.220 e. The van der Waals surface area contributed by atoms with Gasteiger partial charge in [-0.1, -0.05) is 0 Å². The molecule has 1 aromatic heterocycles. The van der Waals surface area contributed by atoms with Crippen molar-refractivity contribution in [3.8, 4) is 0 Å². The number of rotatable bonds is 2. The highest BCUT2D eigenvalue weighted by atomic mass is 79.9. The van der Waals surface area contributed by atoms with Crippen molar-refractivity contribution in [1.29, 1.82) is 0 Å².